The third-order valence-corrected chi connectivity index (χ3v) is 1.55. The molecule has 0 rings (SSSR count). The summed E-state index contributed by atoms with van der Waals surface area (Å²) in [5.74, 6) is 0. The summed E-state index contributed by atoms with van der Waals surface area (Å²) >= 11 is 2.40. The van der Waals surface area contributed by atoms with Crippen LogP contribution in [0.4, 0.5) is 0 Å². The van der Waals surface area contributed by atoms with Crippen molar-refractivity contribution in [1.29, 1.82) is 0 Å². The highest BCUT2D eigenvalue weighted by Crippen LogP contribution is 1.88. The number of halogens is 1. The molecule has 0 aromatic carbocycles. The fourth-order valence-corrected chi connectivity index (χ4v) is 1.46. The predicted molar refractivity (Wildman–Crippen MR) is 46.7 cm³/mol. The topological polar surface area (TPSA) is 3.24 Å². The Morgan fingerprint density at radius 3 is 2.38 bits per heavy atom. The second-order valence-electron chi connectivity index (χ2n) is 1.99. The number of nitrogens with zero attached hydrogens (tertiary/aromatic N) is 1. The molecule has 2 heteroatoms. The fraction of sp³-hybridized carbons (Fsp3) is 1.00. The molecule has 0 heterocycles. The van der Waals surface area contributed by atoms with Crippen LogP contribution in [-0.2, 0) is 0 Å². The van der Waals surface area contributed by atoms with Gasteiger partial charge < -0.3 is 4.90 Å². The highest BCUT2D eigenvalue weighted by Gasteiger charge is 1.90. The van der Waals surface area contributed by atoms with Crippen LogP contribution < -0.4 is 0 Å². The van der Waals surface area contributed by atoms with Gasteiger partial charge >= 0.3 is 0 Å². The maximum absolute atomic E-state index is 2.40. The first-order valence-corrected chi connectivity index (χ1v) is 4.58. The SMILES string of the molecule is CCCN(C)CCI. The van der Waals surface area contributed by atoms with Crippen molar-refractivity contribution in [3.05, 3.63) is 0 Å². The van der Waals surface area contributed by atoms with Crippen molar-refractivity contribution >= 4 is 22.6 Å². The Hall–Kier alpha value is 0.690. The summed E-state index contributed by atoms with van der Waals surface area (Å²) in [6, 6.07) is 0. The minimum atomic E-state index is 1.23. The second kappa shape index (κ2) is 5.82. The molecule has 0 aromatic rings. The molecule has 0 N–H and O–H groups in total. The van der Waals surface area contributed by atoms with E-state index in [1.165, 1.54) is 23.9 Å². The van der Waals surface area contributed by atoms with Crippen molar-refractivity contribution in [2.45, 2.75) is 13.3 Å². The number of hydrogen-bond acceptors (Lipinski definition) is 1. The first kappa shape index (κ1) is 8.69. The van der Waals surface area contributed by atoms with Gasteiger partial charge in [-0.2, -0.15) is 0 Å². The molecule has 0 aliphatic carbocycles. The van der Waals surface area contributed by atoms with Crippen molar-refractivity contribution < 1.29 is 0 Å². The summed E-state index contributed by atoms with van der Waals surface area (Å²) in [4.78, 5) is 2.35. The molecular weight excluding hydrogens is 213 g/mol. The minimum absolute atomic E-state index is 1.23. The van der Waals surface area contributed by atoms with Crippen LogP contribution in [0.1, 0.15) is 13.3 Å². The van der Waals surface area contributed by atoms with Crippen LogP contribution in [0.2, 0.25) is 0 Å². The van der Waals surface area contributed by atoms with E-state index in [2.05, 4.69) is 41.5 Å². The lowest BCUT2D eigenvalue weighted by Crippen LogP contribution is -2.20. The first-order chi connectivity index (χ1) is 3.81. The maximum atomic E-state index is 2.40. The molecule has 0 fully saturated rings. The van der Waals surface area contributed by atoms with Gasteiger partial charge in [0.2, 0.25) is 0 Å². The van der Waals surface area contributed by atoms with Gasteiger partial charge in [0.25, 0.3) is 0 Å². The van der Waals surface area contributed by atoms with E-state index >= 15 is 0 Å². The molecule has 1 nitrogen and oxygen atoms in total. The summed E-state index contributed by atoms with van der Waals surface area (Å²) in [6.07, 6.45) is 1.27. The molecule has 0 amide bonds. The number of rotatable bonds is 4. The van der Waals surface area contributed by atoms with Crippen LogP contribution in [0.3, 0.4) is 0 Å². The van der Waals surface area contributed by atoms with Crippen molar-refractivity contribution in [2.75, 3.05) is 24.6 Å². The summed E-state index contributed by atoms with van der Waals surface area (Å²) in [6.45, 7) is 4.68. The van der Waals surface area contributed by atoms with Crippen molar-refractivity contribution in [3.63, 3.8) is 0 Å². The lowest BCUT2D eigenvalue weighted by atomic mass is 10.4. The molecule has 0 aliphatic heterocycles. The van der Waals surface area contributed by atoms with Gasteiger partial charge in [-0.3, -0.25) is 0 Å². The maximum Gasteiger partial charge on any atom is 0.0123 e. The number of hydrogen-bond donors (Lipinski definition) is 0. The summed E-state index contributed by atoms with van der Waals surface area (Å²) in [5.41, 5.74) is 0. The smallest absolute Gasteiger partial charge is 0.0123 e. The highest BCUT2D eigenvalue weighted by molar-refractivity contribution is 14.1. The average Bonchev–Trinajstić information content (AvgIpc) is 1.68. The van der Waals surface area contributed by atoms with Crippen LogP contribution in [0.25, 0.3) is 0 Å². The van der Waals surface area contributed by atoms with Crippen molar-refractivity contribution in [1.82, 2.24) is 4.90 Å². The van der Waals surface area contributed by atoms with Crippen LogP contribution in [0.15, 0.2) is 0 Å². The Labute approximate surface area is 65.6 Å². The molecule has 0 saturated heterocycles. The third kappa shape index (κ3) is 4.84. The van der Waals surface area contributed by atoms with Gasteiger partial charge in [-0.15, -0.1) is 0 Å². The van der Waals surface area contributed by atoms with Gasteiger partial charge in [0.1, 0.15) is 0 Å². The van der Waals surface area contributed by atoms with Gasteiger partial charge in [0.15, 0.2) is 0 Å². The molecule has 0 aromatic heterocycles. The normalized spacial score (nSPS) is 10.5. The Kier molecular flexibility index (Phi) is 6.32. The Morgan fingerprint density at radius 1 is 1.38 bits per heavy atom. The monoisotopic (exact) mass is 227 g/mol. The lowest BCUT2D eigenvalue weighted by molar-refractivity contribution is 0.358. The molecule has 0 radical (unpaired) electrons. The van der Waals surface area contributed by atoms with E-state index in [0.29, 0.717) is 0 Å². The van der Waals surface area contributed by atoms with E-state index in [9.17, 15) is 0 Å². The summed E-state index contributed by atoms with van der Waals surface area (Å²) < 4.78 is 1.24. The Morgan fingerprint density at radius 2 is 2.00 bits per heavy atom. The second-order valence-corrected chi connectivity index (χ2v) is 3.07. The largest absolute Gasteiger partial charge is 0.306 e. The molecule has 0 unspecified atom stereocenters. The summed E-state index contributed by atoms with van der Waals surface area (Å²) in [7, 11) is 2.17. The van der Waals surface area contributed by atoms with Gasteiger partial charge in [0, 0.05) is 11.0 Å². The first-order valence-electron chi connectivity index (χ1n) is 3.05. The zero-order valence-electron chi connectivity index (χ0n) is 5.65. The van der Waals surface area contributed by atoms with Gasteiger partial charge in [-0.25, -0.2) is 0 Å². The molecule has 0 aliphatic rings. The molecule has 50 valence electrons. The molecule has 0 atom stereocenters. The lowest BCUT2D eigenvalue weighted by Gasteiger charge is -2.12. The predicted octanol–water partition coefficient (Wildman–Crippen LogP) is 1.76. The minimum Gasteiger partial charge on any atom is -0.306 e. The van der Waals surface area contributed by atoms with Crippen molar-refractivity contribution in [2.24, 2.45) is 0 Å². The van der Waals surface area contributed by atoms with E-state index < -0.39 is 0 Å². The van der Waals surface area contributed by atoms with Gasteiger partial charge in [0.05, 0.1) is 0 Å². The van der Waals surface area contributed by atoms with Gasteiger partial charge in [-0.05, 0) is 20.0 Å². The third-order valence-electron chi connectivity index (χ3n) is 1.07. The van der Waals surface area contributed by atoms with E-state index in [-0.39, 0.29) is 0 Å². The highest BCUT2D eigenvalue weighted by atomic mass is 127. The Bertz CT molecular complexity index is 41.8. The van der Waals surface area contributed by atoms with E-state index in [4.69, 9.17) is 0 Å². The fourth-order valence-electron chi connectivity index (χ4n) is 0.638. The Balaban J connectivity index is 2.92. The van der Waals surface area contributed by atoms with Crippen LogP contribution in [0.5, 0.6) is 0 Å². The van der Waals surface area contributed by atoms with Crippen LogP contribution in [-0.4, -0.2) is 29.5 Å². The van der Waals surface area contributed by atoms with E-state index in [1.807, 2.05) is 0 Å². The van der Waals surface area contributed by atoms with Crippen molar-refractivity contribution in [3.8, 4) is 0 Å². The van der Waals surface area contributed by atoms with E-state index in [1.54, 1.807) is 0 Å². The molecule has 0 saturated carbocycles. The average molecular weight is 227 g/mol. The van der Waals surface area contributed by atoms with Crippen LogP contribution in [0, 0.1) is 0 Å². The molecule has 8 heavy (non-hydrogen) atoms. The molecule has 0 bridgehead atoms. The van der Waals surface area contributed by atoms with Crippen LogP contribution >= 0.6 is 22.6 Å². The van der Waals surface area contributed by atoms with E-state index in [0.717, 1.165) is 0 Å². The number of alkyl halides is 1. The van der Waals surface area contributed by atoms with Gasteiger partial charge in [-0.1, -0.05) is 29.5 Å². The zero-order valence-corrected chi connectivity index (χ0v) is 7.81. The zero-order chi connectivity index (χ0) is 6.41. The molecular formula is C6H14IN. The molecule has 0 spiro atoms. The standard InChI is InChI=1S/C6H14IN/c1-3-5-8(2)6-4-7/h3-6H2,1-2H3. The quantitative estimate of drug-likeness (QED) is 0.522. The summed E-state index contributed by atoms with van der Waals surface area (Å²) in [5, 5.41) is 0.